The summed E-state index contributed by atoms with van der Waals surface area (Å²) in [5.74, 6) is 0.329. The maximum Gasteiger partial charge on any atom is 0.115 e. The first-order valence-corrected chi connectivity index (χ1v) is 8.86. The molecule has 0 aliphatic rings. The van der Waals surface area contributed by atoms with E-state index in [1.165, 1.54) is 70.6 Å². The molecule has 1 rings (SSSR count). The van der Waals surface area contributed by atoms with Crippen molar-refractivity contribution >= 4 is 5.69 Å². The van der Waals surface area contributed by atoms with Gasteiger partial charge < -0.3 is 10.4 Å². The minimum absolute atomic E-state index is 0.329. The molecule has 0 saturated heterocycles. The summed E-state index contributed by atoms with van der Waals surface area (Å²) < 4.78 is 0. The first-order chi connectivity index (χ1) is 10.3. The highest BCUT2D eigenvalue weighted by molar-refractivity contribution is 5.45. The molecule has 0 spiro atoms. The second-order valence-corrected chi connectivity index (χ2v) is 6.01. The molecule has 0 aromatic heterocycles. The van der Waals surface area contributed by atoms with Crippen molar-refractivity contribution in [3.05, 3.63) is 24.3 Å². The molecular weight excluding hydrogens is 258 g/mol. The van der Waals surface area contributed by atoms with Crippen LogP contribution < -0.4 is 5.32 Å². The number of aromatic hydroxyl groups is 1. The molecule has 1 aromatic carbocycles. The number of phenolic OH excluding ortho intramolecular Hbond substituents is 1. The molecule has 0 saturated carbocycles. The molecule has 0 heterocycles. The molecule has 2 nitrogen and oxygen atoms in total. The second kappa shape index (κ2) is 12.6. The van der Waals surface area contributed by atoms with Crippen molar-refractivity contribution in [2.24, 2.45) is 0 Å². The minimum Gasteiger partial charge on any atom is -0.508 e. The van der Waals surface area contributed by atoms with Crippen LogP contribution in [0.15, 0.2) is 24.3 Å². The maximum atomic E-state index is 9.20. The molecule has 0 aliphatic heterocycles. The summed E-state index contributed by atoms with van der Waals surface area (Å²) in [6.45, 7) is 3.30. The van der Waals surface area contributed by atoms with Gasteiger partial charge in [-0.1, -0.05) is 71.1 Å². The zero-order chi connectivity index (χ0) is 15.2. The van der Waals surface area contributed by atoms with Crippen molar-refractivity contribution in [3.63, 3.8) is 0 Å². The van der Waals surface area contributed by atoms with Crippen LogP contribution >= 0.6 is 0 Å². The van der Waals surface area contributed by atoms with Gasteiger partial charge in [-0.15, -0.1) is 0 Å². The summed E-state index contributed by atoms with van der Waals surface area (Å²) in [4.78, 5) is 0. The lowest BCUT2D eigenvalue weighted by atomic mass is 10.1. The highest BCUT2D eigenvalue weighted by atomic mass is 16.3. The number of anilines is 1. The quantitative estimate of drug-likeness (QED) is 0.339. The van der Waals surface area contributed by atoms with Gasteiger partial charge in [0.2, 0.25) is 0 Å². The zero-order valence-corrected chi connectivity index (χ0v) is 13.7. The summed E-state index contributed by atoms with van der Waals surface area (Å²) in [5.41, 5.74) is 1.10. The van der Waals surface area contributed by atoms with Crippen LogP contribution in [-0.2, 0) is 0 Å². The maximum absolute atomic E-state index is 9.20. The SMILES string of the molecule is CCCCCCCCCCCCCNc1ccc(O)cc1. The van der Waals surface area contributed by atoms with E-state index in [-0.39, 0.29) is 0 Å². The monoisotopic (exact) mass is 291 g/mol. The lowest BCUT2D eigenvalue weighted by Crippen LogP contribution is -2.00. The van der Waals surface area contributed by atoms with Crippen LogP contribution in [0.3, 0.4) is 0 Å². The van der Waals surface area contributed by atoms with E-state index in [0.717, 1.165) is 12.2 Å². The first-order valence-electron chi connectivity index (χ1n) is 8.86. The second-order valence-electron chi connectivity index (χ2n) is 6.01. The van der Waals surface area contributed by atoms with Crippen molar-refractivity contribution in [1.29, 1.82) is 0 Å². The summed E-state index contributed by atoms with van der Waals surface area (Å²) >= 11 is 0. The number of unbranched alkanes of at least 4 members (excludes halogenated alkanes) is 10. The van der Waals surface area contributed by atoms with Crippen LogP contribution in [-0.4, -0.2) is 11.7 Å². The topological polar surface area (TPSA) is 32.3 Å². The Bertz CT molecular complexity index is 334. The third kappa shape index (κ3) is 10.2. The van der Waals surface area contributed by atoms with E-state index in [4.69, 9.17) is 0 Å². The van der Waals surface area contributed by atoms with E-state index in [0.29, 0.717) is 5.75 Å². The van der Waals surface area contributed by atoms with Crippen molar-refractivity contribution in [2.75, 3.05) is 11.9 Å². The van der Waals surface area contributed by atoms with Crippen molar-refractivity contribution < 1.29 is 5.11 Å². The van der Waals surface area contributed by atoms with Gasteiger partial charge in [0, 0.05) is 12.2 Å². The van der Waals surface area contributed by atoms with Gasteiger partial charge in [-0.25, -0.2) is 0 Å². The van der Waals surface area contributed by atoms with Crippen LogP contribution in [0.25, 0.3) is 0 Å². The Balaban J connectivity index is 1.81. The lowest BCUT2D eigenvalue weighted by molar-refractivity contribution is 0.475. The van der Waals surface area contributed by atoms with Crippen LogP contribution in [0, 0.1) is 0 Å². The van der Waals surface area contributed by atoms with Crippen LogP contribution in [0.4, 0.5) is 5.69 Å². The number of hydrogen-bond acceptors (Lipinski definition) is 2. The first kappa shape index (κ1) is 17.9. The van der Waals surface area contributed by atoms with E-state index in [2.05, 4.69) is 12.2 Å². The third-order valence-electron chi connectivity index (χ3n) is 3.98. The largest absolute Gasteiger partial charge is 0.508 e. The molecule has 0 amide bonds. The molecule has 2 N–H and O–H groups in total. The van der Waals surface area contributed by atoms with Crippen LogP contribution in [0.1, 0.15) is 77.6 Å². The lowest BCUT2D eigenvalue weighted by Gasteiger charge is -2.06. The number of hydrogen-bond donors (Lipinski definition) is 2. The molecule has 0 atom stereocenters. The Hall–Kier alpha value is -1.18. The van der Waals surface area contributed by atoms with Gasteiger partial charge >= 0.3 is 0 Å². The Labute approximate surface area is 131 Å². The minimum atomic E-state index is 0.329. The summed E-state index contributed by atoms with van der Waals surface area (Å²) in [6, 6.07) is 7.30. The highest BCUT2D eigenvalue weighted by Crippen LogP contribution is 2.14. The normalized spacial score (nSPS) is 10.7. The van der Waals surface area contributed by atoms with Gasteiger partial charge in [-0.05, 0) is 30.7 Å². The van der Waals surface area contributed by atoms with Gasteiger partial charge in [0.25, 0.3) is 0 Å². The summed E-state index contributed by atoms with van der Waals surface area (Å²) in [6.07, 6.45) is 15.2. The van der Waals surface area contributed by atoms with Crippen LogP contribution in [0.2, 0.25) is 0 Å². The van der Waals surface area contributed by atoms with Gasteiger partial charge in [-0.3, -0.25) is 0 Å². The fourth-order valence-electron chi connectivity index (χ4n) is 2.60. The fourth-order valence-corrected chi connectivity index (χ4v) is 2.60. The molecule has 0 aliphatic carbocycles. The molecule has 120 valence electrons. The molecule has 21 heavy (non-hydrogen) atoms. The molecule has 1 aromatic rings. The molecule has 0 radical (unpaired) electrons. The Kier molecular flexibility index (Phi) is 10.7. The average molecular weight is 291 g/mol. The standard InChI is InChI=1S/C19H33NO/c1-2-3-4-5-6-7-8-9-10-11-12-17-20-18-13-15-19(21)16-14-18/h13-16,20-21H,2-12,17H2,1H3. The summed E-state index contributed by atoms with van der Waals surface area (Å²) in [7, 11) is 0. The van der Waals surface area contributed by atoms with Crippen molar-refractivity contribution in [1.82, 2.24) is 0 Å². The number of phenols is 1. The molecule has 0 unspecified atom stereocenters. The zero-order valence-electron chi connectivity index (χ0n) is 13.7. The van der Waals surface area contributed by atoms with E-state index in [9.17, 15) is 5.11 Å². The van der Waals surface area contributed by atoms with Crippen molar-refractivity contribution in [3.8, 4) is 5.75 Å². The Morgan fingerprint density at radius 2 is 1.19 bits per heavy atom. The number of nitrogens with one attached hydrogen (secondary N) is 1. The van der Waals surface area contributed by atoms with E-state index < -0.39 is 0 Å². The smallest absolute Gasteiger partial charge is 0.115 e. The van der Waals surface area contributed by atoms with E-state index >= 15 is 0 Å². The van der Waals surface area contributed by atoms with Gasteiger partial charge in [0.1, 0.15) is 5.75 Å². The predicted octanol–water partition coefficient (Wildman–Crippen LogP) is 6.12. The number of benzene rings is 1. The van der Waals surface area contributed by atoms with Gasteiger partial charge in [-0.2, -0.15) is 0 Å². The fraction of sp³-hybridized carbons (Fsp3) is 0.684. The molecule has 0 bridgehead atoms. The average Bonchev–Trinajstić information content (AvgIpc) is 2.50. The number of rotatable bonds is 13. The third-order valence-corrected chi connectivity index (χ3v) is 3.98. The van der Waals surface area contributed by atoms with E-state index in [1.807, 2.05) is 12.1 Å². The van der Waals surface area contributed by atoms with Crippen LogP contribution in [0.5, 0.6) is 5.75 Å². The van der Waals surface area contributed by atoms with Gasteiger partial charge in [0.05, 0.1) is 0 Å². The predicted molar refractivity (Wildman–Crippen MR) is 93.1 cm³/mol. The molecule has 0 fully saturated rings. The van der Waals surface area contributed by atoms with Gasteiger partial charge in [0.15, 0.2) is 0 Å². The Morgan fingerprint density at radius 3 is 1.71 bits per heavy atom. The Morgan fingerprint density at radius 1 is 0.714 bits per heavy atom. The summed E-state index contributed by atoms with van der Waals surface area (Å²) in [5, 5.41) is 12.6. The molecule has 2 heteroatoms. The van der Waals surface area contributed by atoms with E-state index in [1.54, 1.807) is 12.1 Å². The van der Waals surface area contributed by atoms with Crippen molar-refractivity contribution in [2.45, 2.75) is 77.6 Å². The molecular formula is C19H33NO. The highest BCUT2D eigenvalue weighted by Gasteiger charge is 1.94.